The topological polar surface area (TPSA) is 84.0 Å². The Morgan fingerprint density at radius 2 is 2.31 bits per heavy atom. The first-order valence-corrected chi connectivity index (χ1v) is 4.36. The highest BCUT2D eigenvalue weighted by atomic mass is 35.5. The van der Waals surface area contributed by atoms with Crippen LogP contribution >= 0.6 is 11.6 Å². The summed E-state index contributed by atoms with van der Waals surface area (Å²) in [5.41, 5.74) is -0.599. The standard InChI is InChI=1S/C8H3ClFN3O3/c9-4-1-3(10)2-13-6(4)11-5(8(14)15)7(13)12-16/h1-2H,(H,14,15). The summed E-state index contributed by atoms with van der Waals surface area (Å²) in [6, 6.07) is 0.962. The molecule has 0 unspecified atom stereocenters. The monoisotopic (exact) mass is 243 g/mol. The fraction of sp³-hybridized carbons (Fsp3) is 0. The summed E-state index contributed by atoms with van der Waals surface area (Å²) in [5, 5.41) is 11.2. The van der Waals surface area contributed by atoms with E-state index in [1.165, 1.54) is 0 Å². The summed E-state index contributed by atoms with van der Waals surface area (Å²) in [6.45, 7) is 0. The SMILES string of the molecule is O=Nc1c(C(=O)O)nc2c(Cl)cc(F)cn12. The molecule has 6 nitrogen and oxygen atoms in total. The third kappa shape index (κ3) is 1.41. The molecular weight excluding hydrogens is 241 g/mol. The predicted octanol–water partition coefficient (Wildman–Crippen LogP) is 2.22. The van der Waals surface area contributed by atoms with E-state index >= 15 is 0 Å². The van der Waals surface area contributed by atoms with Gasteiger partial charge in [0.1, 0.15) is 5.82 Å². The zero-order chi connectivity index (χ0) is 11.9. The van der Waals surface area contributed by atoms with Crippen molar-refractivity contribution >= 4 is 29.0 Å². The molecule has 1 N–H and O–H groups in total. The molecule has 82 valence electrons. The van der Waals surface area contributed by atoms with Gasteiger partial charge in [-0.2, -0.15) is 0 Å². The van der Waals surface area contributed by atoms with Gasteiger partial charge in [-0.25, -0.2) is 14.2 Å². The van der Waals surface area contributed by atoms with Crippen molar-refractivity contribution in [1.82, 2.24) is 9.38 Å². The number of imidazole rings is 1. The van der Waals surface area contributed by atoms with Crippen LogP contribution in [0.4, 0.5) is 10.2 Å². The van der Waals surface area contributed by atoms with Crippen LogP contribution in [0.2, 0.25) is 5.02 Å². The van der Waals surface area contributed by atoms with Crippen molar-refractivity contribution in [1.29, 1.82) is 0 Å². The van der Waals surface area contributed by atoms with Crippen LogP contribution in [0.15, 0.2) is 17.4 Å². The molecule has 8 heteroatoms. The summed E-state index contributed by atoms with van der Waals surface area (Å²) in [5.74, 6) is -2.66. The average Bonchev–Trinajstić information content (AvgIpc) is 2.56. The van der Waals surface area contributed by atoms with E-state index in [4.69, 9.17) is 16.7 Å². The molecule has 2 aromatic rings. The van der Waals surface area contributed by atoms with Gasteiger partial charge in [-0.1, -0.05) is 11.6 Å². The lowest BCUT2D eigenvalue weighted by atomic mass is 10.4. The lowest BCUT2D eigenvalue weighted by molar-refractivity contribution is 0.0692. The predicted molar refractivity (Wildman–Crippen MR) is 52.6 cm³/mol. The van der Waals surface area contributed by atoms with E-state index in [2.05, 4.69) is 10.2 Å². The number of hydrogen-bond acceptors (Lipinski definition) is 4. The summed E-state index contributed by atoms with van der Waals surface area (Å²) >= 11 is 5.65. The number of carboxylic acid groups (broad SMARTS) is 1. The van der Waals surface area contributed by atoms with Gasteiger partial charge in [-0.15, -0.1) is 4.91 Å². The first-order chi connectivity index (χ1) is 7.54. The van der Waals surface area contributed by atoms with E-state index < -0.39 is 23.3 Å². The average molecular weight is 244 g/mol. The third-order valence-electron chi connectivity index (χ3n) is 1.91. The Balaban J connectivity index is 2.92. The molecule has 0 bridgehead atoms. The van der Waals surface area contributed by atoms with Crippen molar-refractivity contribution in [3.63, 3.8) is 0 Å². The number of carbonyl (C=O) groups is 1. The van der Waals surface area contributed by atoms with Crippen molar-refractivity contribution in [3.8, 4) is 0 Å². The summed E-state index contributed by atoms with van der Waals surface area (Å²) in [4.78, 5) is 24.8. The van der Waals surface area contributed by atoms with Crippen LogP contribution in [0.1, 0.15) is 10.5 Å². The minimum absolute atomic E-state index is 0.0323. The minimum atomic E-state index is -1.44. The number of hydrogen-bond donors (Lipinski definition) is 1. The van der Waals surface area contributed by atoms with E-state index in [9.17, 15) is 14.1 Å². The van der Waals surface area contributed by atoms with Gasteiger partial charge in [0.05, 0.1) is 5.02 Å². The fourth-order valence-electron chi connectivity index (χ4n) is 1.29. The highest BCUT2D eigenvalue weighted by molar-refractivity contribution is 6.33. The number of aromatic carboxylic acids is 1. The molecule has 16 heavy (non-hydrogen) atoms. The second-order valence-electron chi connectivity index (χ2n) is 2.88. The van der Waals surface area contributed by atoms with Gasteiger partial charge in [0.15, 0.2) is 11.3 Å². The van der Waals surface area contributed by atoms with Crippen molar-refractivity contribution in [2.45, 2.75) is 0 Å². The highest BCUT2D eigenvalue weighted by Gasteiger charge is 2.21. The second-order valence-corrected chi connectivity index (χ2v) is 3.29. The summed E-state index contributed by atoms with van der Waals surface area (Å²) < 4.78 is 13.9. The van der Waals surface area contributed by atoms with Gasteiger partial charge in [0, 0.05) is 6.20 Å². The zero-order valence-corrected chi connectivity index (χ0v) is 8.27. The van der Waals surface area contributed by atoms with Crippen molar-refractivity contribution in [2.75, 3.05) is 0 Å². The maximum atomic E-state index is 13.0. The van der Waals surface area contributed by atoms with E-state index in [-0.39, 0.29) is 10.7 Å². The van der Waals surface area contributed by atoms with Gasteiger partial charge in [-0.3, -0.25) is 4.40 Å². The molecule has 0 radical (unpaired) electrons. The molecule has 0 saturated carbocycles. The third-order valence-corrected chi connectivity index (χ3v) is 2.18. The van der Waals surface area contributed by atoms with Crippen LogP contribution in [0.5, 0.6) is 0 Å². The normalized spacial score (nSPS) is 10.6. The smallest absolute Gasteiger partial charge is 0.358 e. The molecule has 0 aliphatic rings. The van der Waals surface area contributed by atoms with Gasteiger partial charge < -0.3 is 5.11 Å². The molecule has 0 aromatic carbocycles. The van der Waals surface area contributed by atoms with Gasteiger partial charge in [0.2, 0.25) is 5.82 Å². The minimum Gasteiger partial charge on any atom is -0.476 e. The molecule has 0 saturated heterocycles. The number of rotatable bonds is 2. The molecule has 0 spiro atoms. The van der Waals surface area contributed by atoms with Crippen LogP contribution < -0.4 is 0 Å². The Kier molecular flexibility index (Phi) is 2.31. The molecule has 0 aliphatic heterocycles. The lowest BCUT2D eigenvalue weighted by Crippen LogP contribution is -1.96. The van der Waals surface area contributed by atoms with E-state index in [0.29, 0.717) is 0 Å². The molecular formula is C8H3ClFN3O3. The van der Waals surface area contributed by atoms with Crippen LogP contribution in [0, 0.1) is 10.7 Å². The van der Waals surface area contributed by atoms with E-state index in [1.54, 1.807) is 0 Å². The van der Waals surface area contributed by atoms with Crippen molar-refractivity contribution in [2.24, 2.45) is 5.18 Å². The molecule has 2 heterocycles. The lowest BCUT2D eigenvalue weighted by Gasteiger charge is -1.96. The highest BCUT2D eigenvalue weighted by Crippen LogP contribution is 2.26. The first kappa shape index (κ1) is 10.5. The van der Waals surface area contributed by atoms with Gasteiger partial charge in [0.25, 0.3) is 0 Å². The molecule has 0 amide bonds. The number of nitroso groups, excluding NO2 is 1. The Morgan fingerprint density at radius 3 is 2.88 bits per heavy atom. The summed E-state index contributed by atoms with van der Waals surface area (Å²) in [6.07, 6.45) is 0.886. The zero-order valence-electron chi connectivity index (χ0n) is 7.52. The maximum Gasteiger partial charge on any atom is 0.358 e. The number of pyridine rings is 1. The Hall–Kier alpha value is -2.02. The van der Waals surface area contributed by atoms with Crippen molar-refractivity contribution in [3.05, 3.63) is 33.7 Å². The van der Waals surface area contributed by atoms with Crippen LogP contribution in [-0.2, 0) is 0 Å². The van der Waals surface area contributed by atoms with Gasteiger partial charge >= 0.3 is 5.97 Å². The Bertz CT molecular complexity index is 610. The van der Waals surface area contributed by atoms with E-state index in [0.717, 1.165) is 16.7 Å². The van der Waals surface area contributed by atoms with Gasteiger partial charge in [-0.05, 0) is 11.2 Å². The van der Waals surface area contributed by atoms with E-state index in [1.807, 2.05) is 0 Å². The first-order valence-electron chi connectivity index (χ1n) is 3.98. The second kappa shape index (κ2) is 3.53. The number of halogens is 2. The Morgan fingerprint density at radius 1 is 1.62 bits per heavy atom. The maximum absolute atomic E-state index is 13.0. The molecule has 2 aromatic heterocycles. The van der Waals surface area contributed by atoms with Crippen LogP contribution in [-0.4, -0.2) is 20.5 Å². The van der Waals surface area contributed by atoms with Crippen molar-refractivity contribution < 1.29 is 14.3 Å². The number of fused-ring (bicyclic) bond motifs is 1. The molecule has 0 atom stereocenters. The number of carboxylic acids is 1. The molecule has 0 aliphatic carbocycles. The molecule has 2 rings (SSSR count). The number of nitrogens with zero attached hydrogens (tertiary/aromatic N) is 3. The Labute approximate surface area is 92.3 Å². The quantitative estimate of drug-likeness (QED) is 0.820. The van der Waals surface area contributed by atoms with Crippen LogP contribution in [0.25, 0.3) is 5.65 Å². The summed E-state index contributed by atoms with van der Waals surface area (Å²) in [7, 11) is 0. The van der Waals surface area contributed by atoms with Crippen LogP contribution in [0.3, 0.4) is 0 Å². The fourth-order valence-corrected chi connectivity index (χ4v) is 1.53. The molecule has 0 fully saturated rings. The number of aromatic nitrogens is 2. The largest absolute Gasteiger partial charge is 0.476 e.